The van der Waals surface area contributed by atoms with E-state index in [9.17, 15) is 14.7 Å². The highest BCUT2D eigenvalue weighted by Crippen LogP contribution is 2.87. The molecule has 0 bridgehead atoms. The second kappa shape index (κ2) is 12.1. The number of esters is 1. The van der Waals surface area contributed by atoms with Gasteiger partial charge in [0.2, 0.25) is 0 Å². The Labute approximate surface area is 294 Å². The standard InChI is InChI=1S/C40H65NO8/c1-10-45-32(37(7,8)44)27-13-11-25-28(47-27)21-26-24-12-14-30-36(5,6)31(15-16-40(30)23-39(24,40)18-17-38(25,26)9)48-33(42)29-22-41(19-20-46-29)34(43)49-35(2,3)4/h24-32,44H,10-23H2,1-9H3. The zero-order chi connectivity index (χ0) is 35.4. The number of rotatable bonds is 6. The normalized spacial score (nSPS) is 44.7. The minimum Gasteiger partial charge on any atom is -0.460 e. The Hall–Kier alpha value is -1.42. The number of hydrogen-bond acceptors (Lipinski definition) is 8. The van der Waals surface area contributed by atoms with Crippen LogP contribution in [-0.2, 0) is 28.5 Å². The highest BCUT2D eigenvalue weighted by Gasteiger charge is 2.81. The minimum absolute atomic E-state index is 0.0555. The molecule has 9 nitrogen and oxygen atoms in total. The highest BCUT2D eigenvalue weighted by atomic mass is 16.6. The van der Waals surface area contributed by atoms with Crippen LogP contribution in [0.1, 0.15) is 127 Å². The fourth-order valence-corrected chi connectivity index (χ4v) is 13.1. The van der Waals surface area contributed by atoms with Crippen molar-refractivity contribution in [3.05, 3.63) is 0 Å². The maximum Gasteiger partial charge on any atom is 0.410 e. The van der Waals surface area contributed by atoms with Crippen LogP contribution >= 0.6 is 0 Å². The summed E-state index contributed by atoms with van der Waals surface area (Å²) in [5, 5.41) is 10.9. The molecule has 1 amide bonds. The van der Waals surface area contributed by atoms with Crippen molar-refractivity contribution in [3.8, 4) is 0 Å². The first kappa shape index (κ1) is 36.0. The summed E-state index contributed by atoms with van der Waals surface area (Å²) >= 11 is 0. The lowest BCUT2D eigenvalue weighted by Gasteiger charge is -2.59. The van der Waals surface area contributed by atoms with Crippen LogP contribution in [0.5, 0.6) is 0 Å². The Morgan fingerprint density at radius 1 is 0.939 bits per heavy atom. The predicted molar refractivity (Wildman–Crippen MR) is 185 cm³/mol. The number of morpholine rings is 1. The van der Waals surface area contributed by atoms with E-state index in [0.29, 0.717) is 53.8 Å². The van der Waals surface area contributed by atoms with E-state index in [-0.39, 0.29) is 42.3 Å². The minimum atomic E-state index is -0.935. The number of amides is 1. The molecular weight excluding hydrogens is 622 g/mol. The number of carbonyl (C=O) groups excluding carboxylic acids is 2. The van der Waals surface area contributed by atoms with Crippen molar-refractivity contribution in [2.45, 2.75) is 168 Å². The lowest BCUT2D eigenvalue weighted by atomic mass is 9.46. The van der Waals surface area contributed by atoms with E-state index in [1.807, 2.05) is 41.5 Å². The zero-order valence-electron chi connectivity index (χ0n) is 31.8. The van der Waals surface area contributed by atoms with E-state index in [1.165, 1.54) is 32.1 Å². The van der Waals surface area contributed by atoms with Gasteiger partial charge in [0.25, 0.3) is 0 Å². The van der Waals surface area contributed by atoms with Crippen LogP contribution in [0.25, 0.3) is 0 Å². The molecule has 0 aromatic rings. The molecule has 2 saturated heterocycles. The molecule has 5 aliphatic carbocycles. The molecule has 1 N–H and O–H groups in total. The van der Waals surface area contributed by atoms with Gasteiger partial charge in [-0.3, -0.25) is 0 Å². The number of ether oxygens (including phenoxy) is 5. The van der Waals surface area contributed by atoms with Gasteiger partial charge < -0.3 is 33.7 Å². The molecule has 5 saturated carbocycles. The summed E-state index contributed by atoms with van der Waals surface area (Å²) in [5.74, 6) is 2.18. The molecule has 2 aliphatic heterocycles. The van der Waals surface area contributed by atoms with Crippen LogP contribution in [0, 0.1) is 45.3 Å². The van der Waals surface area contributed by atoms with E-state index in [0.717, 1.165) is 38.0 Å². The molecule has 0 aromatic heterocycles. The van der Waals surface area contributed by atoms with Gasteiger partial charge in [0, 0.05) is 18.6 Å². The largest absolute Gasteiger partial charge is 0.460 e. The Morgan fingerprint density at radius 2 is 1.67 bits per heavy atom. The maximum atomic E-state index is 13.6. The fourth-order valence-electron chi connectivity index (χ4n) is 13.1. The van der Waals surface area contributed by atoms with E-state index < -0.39 is 23.4 Å². The second-order valence-electron chi connectivity index (χ2n) is 19.6. The third-order valence-electron chi connectivity index (χ3n) is 15.2. The van der Waals surface area contributed by atoms with Crippen LogP contribution in [0.2, 0.25) is 0 Å². The van der Waals surface area contributed by atoms with Crippen molar-refractivity contribution in [2.75, 3.05) is 26.3 Å². The van der Waals surface area contributed by atoms with Crippen molar-refractivity contribution >= 4 is 12.1 Å². The van der Waals surface area contributed by atoms with Gasteiger partial charge in [-0.15, -0.1) is 0 Å². The molecule has 0 radical (unpaired) electrons. The van der Waals surface area contributed by atoms with E-state index >= 15 is 0 Å². The molecule has 2 heterocycles. The predicted octanol–water partition coefficient (Wildman–Crippen LogP) is 6.92. The average Bonchev–Trinajstić information content (AvgIpc) is 3.59. The molecular formula is C40H65NO8. The van der Waals surface area contributed by atoms with Crippen LogP contribution in [0.15, 0.2) is 0 Å². The molecule has 278 valence electrons. The second-order valence-corrected chi connectivity index (χ2v) is 19.6. The zero-order valence-corrected chi connectivity index (χ0v) is 31.8. The van der Waals surface area contributed by atoms with Crippen LogP contribution < -0.4 is 0 Å². The average molecular weight is 688 g/mol. The molecule has 2 spiro atoms. The van der Waals surface area contributed by atoms with Crippen molar-refractivity contribution < 1.29 is 38.4 Å². The Bertz CT molecular complexity index is 1290. The third-order valence-corrected chi connectivity index (χ3v) is 15.2. The summed E-state index contributed by atoms with van der Waals surface area (Å²) in [5.41, 5.74) is -0.602. The van der Waals surface area contributed by atoms with E-state index in [1.54, 1.807) is 4.90 Å². The molecule has 0 aromatic carbocycles. The number of nitrogens with zero attached hydrogens (tertiary/aromatic N) is 1. The van der Waals surface area contributed by atoms with Crippen molar-refractivity contribution in [1.82, 2.24) is 4.90 Å². The Balaban J connectivity index is 1.02. The number of hydrogen-bond donors (Lipinski definition) is 1. The molecule has 12 unspecified atom stereocenters. The third kappa shape index (κ3) is 5.78. The lowest BCUT2D eigenvalue weighted by molar-refractivity contribution is -0.194. The van der Waals surface area contributed by atoms with Gasteiger partial charge in [-0.05, 0) is 146 Å². The summed E-state index contributed by atoms with van der Waals surface area (Å²) < 4.78 is 30.8. The Morgan fingerprint density at radius 3 is 2.37 bits per heavy atom. The summed E-state index contributed by atoms with van der Waals surface area (Å²) in [6.07, 6.45) is 10.2. The van der Waals surface area contributed by atoms with Crippen LogP contribution in [-0.4, -0.2) is 90.1 Å². The van der Waals surface area contributed by atoms with Gasteiger partial charge in [0.05, 0.1) is 31.0 Å². The first-order valence-electron chi connectivity index (χ1n) is 19.7. The van der Waals surface area contributed by atoms with E-state index in [2.05, 4.69) is 20.8 Å². The number of aliphatic hydroxyl groups is 1. The molecule has 7 rings (SSSR count). The molecule has 49 heavy (non-hydrogen) atoms. The smallest absolute Gasteiger partial charge is 0.410 e. The fraction of sp³-hybridized carbons (Fsp3) is 0.950. The number of fused-ring (bicyclic) bond motifs is 4. The first-order chi connectivity index (χ1) is 22.9. The molecule has 9 heteroatoms. The molecule has 12 atom stereocenters. The monoisotopic (exact) mass is 687 g/mol. The highest BCUT2D eigenvalue weighted by molar-refractivity contribution is 5.77. The summed E-state index contributed by atoms with van der Waals surface area (Å²) in [6, 6.07) is 0. The van der Waals surface area contributed by atoms with Gasteiger partial charge in [0.15, 0.2) is 6.10 Å². The van der Waals surface area contributed by atoms with Gasteiger partial charge >= 0.3 is 12.1 Å². The van der Waals surface area contributed by atoms with Gasteiger partial charge in [0.1, 0.15) is 17.8 Å². The summed E-state index contributed by atoms with van der Waals surface area (Å²) in [6.45, 7) is 20.0. The summed E-state index contributed by atoms with van der Waals surface area (Å²) in [7, 11) is 0. The van der Waals surface area contributed by atoms with E-state index in [4.69, 9.17) is 23.7 Å². The molecule has 7 aliphatic rings. The van der Waals surface area contributed by atoms with Crippen LogP contribution in [0.4, 0.5) is 4.79 Å². The SMILES string of the molecule is CCOC(C1CCC2C(CC3C4CCC5C(C)(C)C(OC(=O)C6CN(C(=O)OC(C)(C)C)CCO6)CCC56CC46CCC23C)O1)C(C)(C)O. The Kier molecular flexibility index (Phi) is 8.85. The van der Waals surface area contributed by atoms with Gasteiger partial charge in [-0.25, -0.2) is 9.59 Å². The van der Waals surface area contributed by atoms with Crippen molar-refractivity contribution in [1.29, 1.82) is 0 Å². The van der Waals surface area contributed by atoms with Crippen molar-refractivity contribution in [2.24, 2.45) is 45.3 Å². The number of carbonyl (C=O) groups is 2. The van der Waals surface area contributed by atoms with Crippen LogP contribution in [0.3, 0.4) is 0 Å². The maximum absolute atomic E-state index is 13.6. The lowest BCUT2D eigenvalue weighted by Crippen LogP contribution is -2.56. The quantitative estimate of drug-likeness (QED) is 0.301. The molecule has 7 fully saturated rings. The topological polar surface area (TPSA) is 104 Å². The van der Waals surface area contributed by atoms with Gasteiger partial charge in [-0.2, -0.15) is 0 Å². The van der Waals surface area contributed by atoms with Crippen molar-refractivity contribution in [3.63, 3.8) is 0 Å². The van der Waals surface area contributed by atoms with Gasteiger partial charge in [-0.1, -0.05) is 20.8 Å². The summed E-state index contributed by atoms with van der Waals surface area (Å²) in [4.78, 5) is 27.9. The first-order valence-corrected chi connectivity index (χ1v) is 19.7.